The molecule has 2 aromatic rings. The molecular formula is C16H20N2O2. The summed E-state index contributed by atoms with van der Waals surface area (Å²) in [6.45, 7) is 3.64. The smallest absolute Gasteiger partial charge is 0.232 e. The minimum atomic E-state index is -0.484. The molecule has 3 unspecified atom stereocenters. The topological polar surface area (TPSA) is 59.2 Å². The van der Waals surface area contributed by atoms with E-state index in [-0.39, 0.29) is 11.8 Å². The summed E-state index contributed by atoms with van der Waals surface area (Å²) in [6.07, 6.45) is 2.85. The van der Waals surface area contributed by atoms with Crippen molar-refractivity contribution in [2.24, 2.45) is 0 Å². The van der Waals surface area contributed by atoms with Crippen LogP contribution in [0.15, 0.2) is 28.8 Å². The molecule has 1 aromatic carbocycles. The third-order valence-electron chi connectivity index (χ3n) is 4.25. The van der Waals surface area contributed by atoms with Gasteiger partial charge >= 0.3 is 0 Å². The van der Waals surface area contributed by atoms with Crippen LogP contribution < -0.4 is 0 Å². The maximum Gasteiger partial charge on any atom is 0.232 e. The normalized spacial score (nSPS) is 21.2. The Hall–Kier alpha value is -1.68. The highest BCUT2D eigenvalue weighted by Crippen LogP contribution is 2.35. The minimum Gasteiger partial charge on any atom is -0.393 e. The summed E-state index contributed by atoms with van der Waals surface area (Å²) in [7, 11) is 0. The average molecular weight is 272 g/mol. The summed E-state index contributed by atoms with van der Waals surface area (Å²) in [5.41, 5.74) is 2.70. The molecule has 1 aliphatic rings. The van der Waals surface area contributed by atoms with E-state index in [9.17, 15) is 5.11 Å². The van der Waals surface area contributed by atoms with Gasteiger partial charge in [0.15, 0.2) is 5.82 Å². The van der Waals surface area contributed by atoms with Crippen LogP contribution in [-0.4, -0.2) is 21.4 Å². The zero-order valence-electron chi connectivity index (χ0n) is 11.9. The lowest BCUT2D eigenvalue weighted by atomic mass is 9.82. The lowest BCUT2D eigenvalue weighted by Gasteiger charge is -2.22. The molecule has 1 N–H and O–H groups in total. The number of benzene rings is 1. The van der Waals surface area contributed by atoms with E-state index >= 15 is 0 Å². The Balaban J connectivity index is 1.91. The summed E-state index contributed by atoms with van der Waals surface area (Å²) in [6, 6.07) is 8.49. The van der Waals surface area contributed by atoms with Crippen LogP contribution in [0.25, 0.3) is 0 Å². The third-order valence-corrected chi connectivity index (χ3v) is 4.25. The molecular weight excluding hydrogens is 252 g/mol. The minimum absolute atomic E-state index is 0.130. The first-order valence-electron chi connectivity index (χ1n) is 7.26. The van der Waals surface area contributed by atoms with Crippen LogP contribution >= 0.6 is 0 Å². The SMILES string of the molecule is CC(O)C(C)c1nc(C2CCCc3ccccc32)no1. The molecule has 0 bridgehead atoms. The molecule has 1 heterocycles. The number of nitrogens with zero attached hydrogens (tertiary/aromatic N) is 2. The highest BCUT2D eigenvalue weighted by atomic mass is 16.5. The Kier molecular flexibility index (Phi) is 3.57. The third kappa shape index (κ3) is 2.36. The molecule has 0 spiro atoms. The van der Waals surface area contributed by atoms with Crippen LogP contribution in [0.2, 0.25) is 0 Å². The molecule has 20 heavy (non-hydrogen) atoms. The van der Waals surface area contributed by atoms with Gasteiger partial charge in [-0.2, -0.15) is 4.98 Å². The Morgan fingerprint density at radius 3 is 2.90 bits per heavy atom. The first-order valence-corrected chi connectivity index (χ1v) is 7.26. The Labute approximate surface area is 118 Å². The van der Waals surface area contributed by atoms with Gasteiger partial charge in [-0.3, -0.25) is 0 Å². The zero-order chi connectivity index (χ0) is 14.1. The van der Waals surface area contributed by atoms with Gasteiger partial charge in [0.25, 0.3) is 0 Å². The van der Waals surface area contributed by atoms with Crippen molar-refractivity contribution >= 4 is 0 Å². The van der Waals surface area contributed by atoms with Crippen molar-refractivity contribution in [3.05, 3.63) is 47.1 Å². The Morgan fingerprint density at radius 2 is 2.10 bits per heavy atom. The van der Waals surface area contributed by atoms with Crippen LogP contribution in [0.3, 0.4) is 0 Å². The highest BCUT2D eigenvalue weighted by molar-refractivity contribution is 5.36. The van der Waals surface area contributed by atoms with Crippen molar-refractivity contribution < 1.29 is 9.63 Å². The molecule has 0 amide bonds. The number of aliphatic hydroxyl groups excluding tert-OH is 1. The summed E-state index contributed by atoms with van der Waals surface area (Å²) in [5, 5.41) is 13.8. The van der Waals surface area contributed by atoms with Crippen LogP contribution in [-0.2, 0) is 6.42 Å². The van der Waals surface area contributed by atoms with Gasteiger partial charge < -0.3 is 9.63 Å². The van der Waals surface area contributed by atoms with Crippen LogP contribution in [0.1, 0.15) is 61.4 Å². The molecule has 0 saturated carbocycles. The van der Waals surface area contributed by atoms with Gasteiger partial charge in [0.1, 0.15) is 0 Å². The number of rotatable bonds is 3. The fourth-order valence-electron chi connectivity index (χ4n) is 2.80. The van der Waals surface area contributed by atoms with Crippen molar-refractivity contribution in [1.82, 2.24) is 10.1 Å². The van der Waals surface area contributed by atoms with Gasteiger partial charge in [-0.25, -0.2) is 0 Å². The number of fused-ring (bicyclic) bond motifs is 1. The van der Waals surface area contributed by atoms with Crippen LogP contribution in [0, 0.1) is 0 Å². The van der Waals surface area contributed by atoms with E-state index in [1.54, 1.807) is 6.92 Å². The molecule has 3 rings (SSSR count). The van der Waals surface area contributed by atoms with Crippen LogP contribution in [0.5, 0.6) is 0 Å². The van der Waals surface area contributed by atoms with Gasteiger partial charge in [-0.15, -0.1) is 0 Å². The molecule has 0 fully saturated rings. The number of hydrogen-bond donors (Lipinski definition) is 1. The van der Waals surface area contributed by atoms with Gasteiger partial charge in [0, 0.05) is 5.92 Å². The van der Waals surface area contributed by atoms with Crippen molar-refractivity contribution in [1.29, 1.82) is 0 Å². The van der Waals surface area contributed by atoms with Gasteiger partial charge in [0.2, 0.25) is 5.89 Å². The summed E-state index contributed by atoms with van der Waals surface area (Å²) >= 11 is 0. The molecule has 4 nitrogen and oxygen atoms in total. The van der Waals surface area contributed by atoms with E-state index in [4.69, 9.17) is 4.52 Å². The first kappa shape index (κ1) is 13.3. The predicted octanol–water partition coefficient (Wildman–Crippen LogP) is 3.02. The van der Waals surface area contributed by atoms with Crippen LogP contribution in [0.4, 0.5) is 0 Å². The average Bonchev–Trinajstić information content (AvgIpc) is 2.95. The van der Waals surface area contributed by atoms with Crippen molar-refractivity contribution in [2.75, 3.05) is 0 Å². The Bertz CT molecular complexity index is 592. The number of hydrogen-bond acceptors (Lipinski definition) is 4. The van der Waals surface area contributed by atoms with Gasteiger partial charge in [-0.05, 0) is 37.3 Å². The highest BCUT2D eigenvalue weighted by Gasteiger charge is 2.27. The second-order valence-electron chi connectivity index (χ2n) is 5.66. The lowest BCUT2D eigenvalue weighted by molar-refractivity contribution is 0.151. The summed E-state index contributed by atoms with van der Waals surface area (Å²) in [4.78, 5) is 4.52. The maximum atomic E-state index is 9.62. The second kappa shape index (κ2) is 5.37. The quantitative estimate of drug-likeness (QED) is 0.933. The van der Waals surface area contributed by atoms with Gasteiger partial charge in [-0.1, -0.05) is 36.3 Å². The van der Waals surface area contributed by atoms with Crippen molar-refractivity contribution in [3.8, 4) is 0 Å². The molecule has 3 atom stereocenters. The van der Waals surface area contributed by atoms with Gasteiger partial charge in [0.05, 0.1) is 12.0 Å². The predicted molar refractivity (Wildman–Crippen MR) is 75.6 cm³/mol. The molecule has 0 saturated heterocycles. The van der Waals surface area contributed by atoms with E-state index in [1.807, 2.05) is 6.92 Å². The molecule has 1 aromatic heterocycles. The number of aliphatic hydroxyl groups is 1. The van der Waals surface area contributed by atoms with Crippen molar-refractivity contribution in [3.63, 3.8) is 0 Å². The number of aromatic nitrogens is 2. The largest absolute Gasteiger partial charge is 0.393 e. The summed E-state index contributed by atoms with van der Waals surface area (Å²) < 4.78 is 5.33. The van der Waals surface area contributed by atoms with E-state index in [1.165, 1.54) is 11.1 Å². The molecule has 1 aliphatic carbocycles. The molecule has 106 valence electrons. The van der Waals surface area contributed by atoms with E-state index < -0.39 is 6.10 Å². The lowest BCUT2D eigenvalue weighted by Crippen LogP contribution is -2.13. The first-order chi connectivity index (χ1) is 9.66. The monoisotopic (exact) mass is 272 g/mol. The fraction of sp³-hybridized carbons (Fsp3) is 0.500. The standard InChI is InChI=1S/C16H20N2O2/c1-10(11(2)19)16-17-15(18-20-16)14-9-5-7-12-6-3-4-8-13(12)14/h3-4,6,8,10-11,14,19H,5,7,9H2,1-2H3. The Morgan fingerprint density at radius 1 is 1.30 bits per heavy atom. The van der Waals surface area contributed by atoms with E-state index in [2.05, 4.69) is 34.4 Å². The molecule has 0 aliphatic heterocycles. The fourth-order valence-corrected chi connectivity index (χ4v) is 2.80. The molecule has 0 radical (unpaired) electrons. The van der Waals surface area contributed by atoms with E-state index in [0.717, 1.165) is 25.1 Å². The maximum absolute atomic E-state index is 9.62. The van der Waals surface area contributed by atoms with E-state index in [0.29, 0.717) is 5.89 Å². The summed E-state index contributed by atoms with van der Waals surface area (Å²) in [5.74, 6) is 1.37. The zero-order valence-corrected chi connectivity index (χ0v) is 11.9. The molecule has 4 heteroatoms. The second-order valence-corrected chi connectivity index (χ2v) is 5.66. The number of aryl methyl sites for hydroxylation is 1. The van der Waals surface area contributed by atoms with Crippen molar-refractivity contribution in [2.45, 2.75) is 51.0 Å².